The molecule has 0 fully saturated rings. The Balaban J connectivity index is 1.93. The molecule has 0 bridgehead atoms. The second-order valence-corrected chi connectivity index (χ2v) is 8.88. The van der Waals surface area contributed by atoms with Crippen molar-refractivity contribution in [2.24, 2.45) is 11.5 Å². The quantitative estimate of drug-likeness (QED) is 0.150. The van der Waals surface area contributed by atoms with Crippen LogP contribution in [0.15, 0.2) is 30.3 Å². The smallest absolute Gasteiger partial charge is 0.338 e. The molecule has 0 radical (unpaired) electrons. The number of unbranched alkanes of at least 4 members (excludes halogenated alkanes) is 3. The Labute approximate surface area is 205 Å². The number of carboxylic acid groups (broad SMARTS) is 1. The summed E-state index contributed by atoms with van der Waals surface area (Å²) in [5.41, 5.74) is 12.9. The summed E-state index contributed by atoms with van der Waals surface area (Å²) >= 11 is 0. The maximum Gasteiger partial charge on any atom is 0.338 e. The van der Waals surface area contributed by atoms with Crippen molar-refractivity contribution in [2.45, 2.75) is 51.9 Å². The van der Waals surface area contributed by atoms with Crippen LogP contribution < -0.4 is 26.5 Å². The molecule has 35 heavy (non-hydrogen) atoms. The number of hydrogen-bond acceptors (Lipinski definition) is 5. The predicted molar refractivity (Wildman–Crippen MR) is 134 cm³/mol. The highest BCUT2D eigenvalue weighted by atomic mass is 16.4. The largest absolute Gasteiger partial charge is 0.550 e. The lowest BCUT2D eigenvalue weighted by Gasteiger charge is -2.31. The molecule has 2 aromatic carbocycles. The van der Waals surface area contributed by atoms with Crippen molar-refractivity contribution < 1.29 is 24.5 Å². The molecule has 2 aromatic rings. The average Bonchev–Trinajstić information content (AvgIpc) is 2.83. The van der Waals surface area contributed by atoms with Gasteiger partial charge < -0.3 is 14.8 Å². The second-order valence-electron chi connectivity index (χ2n) is 8.88. The van der Waals surface area contributed by atoms with Crippen molar-refractivity contribution in [3.8, 4) is 0 Å². The minimum Gasteiger partial charge on any atom is -0.550 e. The number of nitrogens with two attached hydrogens (primary N) is 2. The molecule has 5 N–H and O–H groups in total. The summed E-state index contributed by atoms with van der Waals surface area (Å²) in [4.78, 5) is 43.5. The van der Waals surface area contributed by atoms with Crippen LogP contribution in [0.4, 0.5) is 5.69 Å². The number of rotatable bonds is 14. The standard InChI is InChI=1S/C26H35N5O4/c1-2-3-4-5-15-30(16-8-14-29-26(27)28)21-13-12-20-23-18(21)9-6-10-19(23)24(34)31(25(20)35)17-7-11-22(32)33/h6,9-10,12-13H,2-5,7-8,11,14-17H2,1H3,(H,32,33)(H4,27,28,29). The van der Waals surface area contributed by atoms with E-state index in [9.17, 15) is 19.5 Å². The summed E-state index contributed by atoms with van der Waals surface area (Å²) < 4.78 is 0. The van der Waals surface area contributed by atoms with E-state index in [0.717, 1.165) is 54.7 Å². The van der Waals surface area contributed by atoms with Gasteiger partial charge in [0, 0.05) is 53.2 Å². The Morgan fingerprint density at radius 2 is 1.69 bits per heavy atom. The van der Waals surface area contributed by atoms with Gasteiger partial charge in [0.1, 0.15) is 0 Å². The lowest BCUT2D eigenvalue weighted by atomic mass is 9.92. The number of nitrogens with zero attached hydrogens (tertiary/aromatic N) is 2. The Morgan fingerprint density at radius 1 is 0.971 bits per heavy atom. The Hall–Kier alpha value is -3.62. The van der Waals surface area contributed by atoms with E-state index in [-0.39, 0.29) is 25.3 Å². The molecule has 188 valence electrons. The van der Waals surface area contributed by atoms with Crippen LogP contribution in [0.2, 0.25) is 0 Å². The van der Waals surface area contributed by atoms with E-state index in [1.807, 2.05) is 18.2 Å². The molecule has 1 heterocycles. The van der Waals surface area contributed by atoms with Gasteiger partial charge in [0.25, 0.3) is 11.8 Å². The average molecular weight is 482 g/mol. The Kier molecular flexibility index (Phi) is 9.05. The SMILES string of the molecule is CCCCCCN(CCC[NH+]=C(N)N)c1ccc2c3c(cccc13)C(=O)N(CCCC(=O)[O-])C2=O. The summed E-state index contributed by atoms with van der Waals surface area (Å²) in [6.45, 7) is 4.49. The number of aliphatic carboxylic acids is 1. The first-order valence-corrected chi connectivity index (χ1v) is 12.3. The third-order valence-electron chi connectivity index (χ3n) is 6.29. The van der Waals surface area contributed by atoms with Crippen molar-refractivity contribution in [3.63, 3.8) is 0 Å². The molecule has 9 nitrogen and oxygen atoms in total. The molecule has 0 saturated carbocycles. The van der Waals surface area contributed by atoms with Crippen LogP contribution in [-0.4, -0.2) is 54.8 Å². The monoisotopic (exact) mass is 481 g/mol. The van der Waals surface area contributed by atoms with Gasteiger partial charge in [0.15, 0.2) is 0 Å². The fraction of sp³-hybridized carbons (Fsp3) is 0.462. The van der Waals surface area contributed by atoms with E-state index in [0.29, 0.717) is 23.1 Å². The topological polar surface area (TPSA) is 147 Å². The third kappa shape index (κ3) is 6.29. The van der Waals surface area contributed by atoms with Crippen LogP contribution in [0.5, 0.6) is 0 Å². The number of hydrogen-bond donors (Lipinski definition) is 3. The van der Waals surface area contributed by atoms with E-state index < -0.39 is 17.8 Å². The van der Waals surface area contributed by atoms with Crippen LogP contribution in [0.25, 0.3) is 10.8 Å². The number of carbonyl (C=O) groups excluding carboxylic acids is 3. The lowest BCUT2D eigenvalue weighted by molar-refractivity contribution is -0.459. The summed E-state index contributed by atoms with van der Waals surface area (Å²) in [6, 6.07) is 9.24. The lowest BCUT2D eigenvalue weighted by Crippen LogP contribution is -2.78. The first kappa shape index (κ1) is 26.0. The first-order chi connectivity index (χ1) is 16.8. The van der Waals surface area contributed by atoms with Crippen molar-refractivity contribution >= 4 is 40.2 Å². The van der Waals surface area contributed by atoms with Crippen LogP contribution in [0.3, 0.4) is 0 Å². The molecule has 2 amide bonds. The summed E-state index contributed by atoms with van der Waals surface area (Å²) in [5.74, 6) is -1.79. The molecular weight excluding hydrogens is 446 g/mol. The second kappa shape index (κ2) is 12.2. The van der Waals surface area contributed by atoms with Gasteiger partial charge in [-0.05, 0) is 43.9 Å². The number of benzene rings is 2. The number of anilines is 1. The number of imide groups is 1. The van der Waals surface area contributed by atoms with E-state index in [1.54, 1.807) is 12.1 Å². The Morgan fingerprint density at radius 3 is 2.37 bits per heavy atom. The highest BCUT2D eigenvalue weighted by molar-refractivity contribution is 6.26. The van der Waals surface area contributed by atoms with E-state index in [2.05, 4.69) is 16.8 Å². The van der Waals surface area contributed by atoms with Crippen LogP contribution in [0.1, 0.15) is 72.6 Å². The van der Waals surface area contributed by atoms with Gasteiger partial charge in [0.05, 0.1) is 6.54 Å². The fourth-order valence-corrected chi connectivity index (χ4v) is 4.58. The van der Waals surface area contributed by atoms with Gasteiger partial charge in [-0.15, -0.1) is 0 Å². The molecule has 0 atom stereocenters. The summed E-state index contributed by atoms with van der Waals surface area (Å²) in [5, 5.41) is 12.3. The van der Waals surface area contributed by atoms with Crippen molar-refractivity contribution in [1.82, 2.24) is 4.90 Å². The van der Waals surface area contributed by atoms with Gasteiger partial charge in [-0.1, -0.05) is 38.3 Å². The molecule has 0 unspecified atom stereocenters. The maximum absolute atomic E-state index is 13.2. The predicted octanol–water partition coefficient (Wildman–Crippen LogP) is 0.0967. The van der Waals surface area contributed by atoms with Gasteiger partial charge in [-0.3, -0.25) is 30.9 Å². The van der Waals surface area contributed by atoms with Gasteiger partial charge in [0.2, 0.25) is 0 Å². The van der Waals surface area contributed by atoms with Gasteiger partial charge >= 0.3 is 5.96 Å². The highest BCUT2D eigenvalue weighted by Crippen LogP contribution is 2.36. The molecule has 0 spiro atoms. The molecule has 9 heteroatoms. The van der Waals surface area contributed by atoms with Crippen molar-refractivity contribution in [3.05, 3.63) is 41.5 Å². The van der Waals surface area contributed by atoms with Gasteiger partial charge in [-0.25, -0.2) is 0 Å². The van der Waals surface area contributed by atoms with Gasteiger partial charge in [-0.2, -0.15) is 0 Å². The normalized spacial score (nSPS) is 12.8. The minimum atomic E-state index is -1.20. The molecular formula is C26H35N5O4. The number of carboxylic acids is 1. The fourth-order valence-electron chi connectivity index (χ4n) is 4.58. The van der Waals surface area contributed by atoms with E-state index in [1.165, 1.54) is 6.42 Å². The van der Waals surface area contributed by atoms with E-state index in [4.69, 9.17) is 11.5 Å². The summed E-state index contributed by atoms with van der Waals surface area (Å²) in [7, 11) is 0. The van der Waals surface area contributed by atoms with E-state index >= 15 is 0 Å². The first-order valence-electron chi connectivity index (χ1n) is 12.3. The number of nitrogens with one attached hydrogen (secondary N) is 1. The molecule has 0 saturated heterocycles. The van der Waals surface area contributed by atoms with Crippen LogP contribution in [0, 0.1) is 0 Å². The molecule has 1 aliphatic rings. The summed E-state index contributed by atoms with van der Waals surface area (Å²) in [6.07, 6.45) is 5.27. The van der Waals surface area contributed by atoms with Crippen molar-refractivity contribution in [1.29, 1.82) is 0 Å². The van der Waals surface area contributed by atoms with Crippen LogP contribution >= 0.6 is 0 Å². The third-order valence-corrected chi connectivity index (χ3v) is 6.29. The molecule has 0 aliphatic carbocycles. The maximum atomic E-state index is 13.2. The zero-order chi connectivity index (χ0) is 25.4. The van der Waals surface area contributed by atoms with Crippen molar-refractivity contribution in [2.75, 3.05) is 31.1 Å². The molecule has 0 aromatic heterocycles. The van der Waals surface area contributed by atoms with Crippen LogP contribution in [-0.2, 0) is 4.79 Å². The molecule has 3 rings (SSSR count). The number of guanidine groups is 1. The number of amides is 2. The molecule has 1 aliphatic heterocycles. The Bertz CT molecular complexity index is 1090. The zero-order valence-corrected chi connectivity index (χ0v) is 20.3. The zero-order valence-electron chi connectivity index (χ0n) is 20.3. The number of carbonyl (C=O) groups is 3. The highest BCUT2D eigenvalue weighted by Gasteiger charge is 2.33. The minimum absolute atomic E-state index is 0.0427.